The van der Waals surface area contributed by atoms with Gasteiger partial charge in [-0.3, -0.25) is 0 Å². The number of benzene rings is 2. The number of imidazole rings is 1. The summed E-state index contributed by atoms with van der Waals surface area (Å²) < 4.78 is 7.71. The third-order valence-electron chi connectivity index (χ3n) is 3.73. The third-order valence-corrected chi connectivity index (χ3v) is 4.22. The van der Waals surface area contributed by atoms with Crippen LogP contribution in [0, 0.1) is 0 Å². The van der Waals surface area contributed by atoms with Crippen LogP contribution in [0.15, 0.2) is 42.5 Å². The normalized spacial score (nSPS) is 11.3. The highest BCUT2D eigenvalue weighted by molar-refractivity contribution is 6.31. The van der Waals surface area contributed by atoms with Crippen LogP contribution >= 0.6 is 23.2 Å². The molecule has 2 aromatic carbocycles. The van der Waals surface area contributed by atoms with Gasteiger partial charge in [0.1, 0.15) is 5.82 Å². The van der Waals surface area contributed by atoms with E-state index in [9.17, 15) is 0 Å². The molecule has 1 heterocycles. The van der Waals surface area contributed by atoms with Gasteiger partial charge in [-0.25, -0.2) is 4.98 Å². The van der Waals surface area contributed by atoms with E-state index in [0.717, 1.165) is 34.8 Å². The van der Waals surface area contributed by atoms with Crippen LogP contribution in [-0.2, 0) is 17.7 Å². The fourth-order valence-electron chi connectivity index (χ4n) is 2.62. The maximum Gasteiger partial charge on any atom is 0.114 e. The molecule has 0 aliphatic heterocycles. The Morgan fingerprint density at radius 2 is 1.78 bits per heavy atom. The van der Waals surface area contributed by atoms with Crippen molar-refractivity contribution in [1.29, 1.82) is 0 Å². The van der Waals surface area contributed by atoms with Crippen LogP contribution in [0.2, 0.25) is 10.0 Å². The summed E-state index contributed by atoms with van der Waals surface area (Å²) in [6.45, 7) is 4.15. The molecule has 0 unspecified atom stereocenters. The molecule has 0 radical (unpaired) electrons. The third kappa shape index (κ3) is 3.86. The van der Waals surface area contributed by atoms with Crippen molar-refractivity contribution >= 4 is 34.2 Å². The van der Waals surface area contributed by atoms with E-state index in [1.165, 1.54) is 5.56 Å². The summed E-state index contributed by atoms with van der Waals surface area (Å²) >= 11 is 12.1. The number of aromatic nitrogens is 2. The van der Waals surface area contributed by atoms with Crippen molar-refractivity contribution in [2.75, 3.05) is 13.2 Å². The monoisotopic (exact) mass is 348 g/mol. The summed E-state index contributed by atoms with van der Waals surface area (Å²) in [6, 6.07) is 13.7. The molecule has 0 atom stereocenters. The molecule has 0 aliphatic rings. The van der Waals surface area contributed by atoms with Crippen molar-refractivity contribution in [3.63, 3.8) is 0 Å². The van der Waals surface area contributed by atoms with E-state index in [1.807, 2.05) is 49.4 Å². The van der Waals surface area contributed by atoms with Crippen LogP contribution in [0.1, 0.15) is 18.3 Å². The summed E-state index contributed by atoms with van der Waals surface area (Å²) in [5, 5.41) is 1.44. The Balaban J connectivity index is 1.96. The molecule has 3 rings (SSSR count). The zero-order valence-electron chi connectivity index (χ0n) is 12.9. The lowest BCUT2D eigenvalue weighted by molar-refractivity contribution is 0.139. The fourth-order valence-corrected chi connectivity index (χ4v) is 2.91. The molecular formula is C18H18Cl2N2O. The van der Waals surface area contributed by atoms with Gasteiger partial charge in [0.15, 0.2) is 0 Å². The van der Waals surface area contributed by atoms with Crippen LogP contribution in [0.5, 0.6) is 0 Å². The smallest absolute Gasteiger partial charge is 0.114 e. The molecule has 0 aliphatic carbocycles. The molecule has 0 N–H and O–H groups in total. The van der Waals surface area contributed by atoms with Gasteiger partial charge in [-0.2, -0.15) is 0 Å². The average molecular weight is 349 g/mol. The second-order valence-electron chi connectivity index (χ2n) is 5.31. The minimum Gasteiger partial charge on any atom is -0.380 e. The van der Waals surface area contributed by atoms with E-state index in [4.69, 9.17) is 32.9 Å². The molecule has 0 saturated carbocycles. The van der Waals surface area contributed by atoms with Crippen molar-refractivity contribution in [2.45, 2.75) is 19.9 Å². The molecule has 0 fully saturated rings. The molecule has 0 amide bonds. The topological polar surface area (TPSA) is 27.1 Å². The standard InChI is InChI=1S/C18H18Cl2N2O/c1-2-23-10-9-22-17-8-7-15(20)12-16(17)21-18(22)11-13-3-5-14(19)6-4-13/h3-8,12H,2,9-11H2,1H3. The number of fused-ring (bicyclic) bond motifs is 1. The molecule has 23 heavy (non-hydrogen) atoms. The number of ether oxygens (including phenoxy) is 1. The zero-order chi connectivity index (χ0) is 16.2. The second kappa shape index (κ2) is 7.35. The van der Waals surface area contributed by atoms with Crippen LogP contribution in [-0.4, -0.2) is 22.8 Å². The largest absolute Gasteiger partial charge is 0.380 e. The Morgan fingerprint density at radius 3 is 2.52 bits per heavy atom. The van der Waals surface area contributed by atoms with Gasteiger partial charge in [0.2, 0.25) is 0 Å². The summed E-state index contributed by atoms with van der Waals surface area (Å²) in [4.78, 5) is 4.76. The van der Waals surface area contributed by atoms with Gasteiger partial charge in [0.25, 0.3) is 0 Å². The van der Waals surface area contributed by atoms with Crippen LogP contribution in [0.25, 0.3) is 11.0 Å². The highest BCUT2D eigenvalue weighted by Crippen LogP contribution is 2.22. The van der Waals surface area contributed by atoms with E-state index in [1.54, 1.807) is 0 Å². The van der Waals surface area contributed by atoms with Crippen LogP contribution < -0.4 is 0 Å². The van der Waals surface area contributed by atoms with Crippen LogP contribution in [0.4, 0.5) is 0 Å². The van der Waals surface area contributed by atoms with E-state index < -0.39 is 0 Å². The number of hydrogen-bond donors (Lipinski definition) is 0. The lowest BCUT2D eigenvalue weighted by atomic mass is 10.1. The van der Waals surface area contributed by atoms with E-state index in [2.05, 4.69) is 4.57 Å². The maximum atomic E-state index is 6.10. The maximum absolute atomic E-state index is 6.10. The average Bonchev–Trinajstić information content (AvgIpc) is 2.86. The molecule has 0 bridgehead atoms. The Morgan fingerprint density at radius 1 is 1.04 bits per heavy atom. The summed E-state index contributed by atoms with van der Waals surface area (Å²) in [6.07, 6.45) is 0.746. The summed E-state index contributed by atoms with van der Waals surface area (Å²) in [7, 11) is 0. The Kier molecular flexibility index (Phi) is 5.21. The predicted molar refractivity (Wildman–Crippen MR) is 95.5 cm³/mol. The molecule has 1 aromatic heterocycles. The highest BCUT2D eigenvalue weighted by Gasteiger charge is 2.11. The van der Waals surface area contributed by atoms with Crippen molar-refractivity contribution in [3.8, 4) is 0 Å². The number of halogens is 2. The van der Waals surface area contributed by atoms with Crippen LogP contribution in [0.3, 0.4) is 0 Å². The Labute approximate surface area is 145 Å². The van der Waals surface area contributed by atoms with Gasteiger partial charge in [0, 0.05) is 29.6 Å². The molecule has 3 aromatic rings. The SMILES string of the molecule is CCOCCn1c(Cc2ccc(Cl)cc2)nc2cc(Cl)ccc21. The van der Waals surface area contributed by atoms with Gasteiger partial charge in [-0.1, -0.05) is 35.3 Å². The Hall–Kier alpha value is -1.55. The van der Waals surface area contributed by atoms with Crippen molar-refractivity contribution in [2.24, 2.45) is 0 Å². The summed E-state index contributed by atoms with van der Waals surface area (Å²) in [5.41, 5.74) is 3.17. The van der Waals surface area contributed by atoms with E-state index >= 15 is 0 Å². The van der Waals surface area contributed by atoms with Gasteiger partial charge >= 0.3 is 0 Å². The number of nitrogens with zero attached hydrogens (tertiary/aromatic N) is 2. The number of hydrogen-bond acceptors (Lipinski definition) is 2. The quantitative estimate of drug-likeness (QED) is 0.588. The molecular weight excluding hydrogens is 331 g/mol. The first-order chi connectivity index (χ1) is 11.2. The molecule has 5 heteroatoms. The first-order valence-corrected chi connectivity index (χ1v) is 8.40. The van der Waals surface area contributed by atoms with Crippen molar-refractivity contribution in [1.82, 2.24) is 9.55 Å². The zero-order valence-corrected chi connectivity index (χ0v) is 14.4. The lowest BCUT2D eigenvalue weighted by Crippen LogP contribution is -2.10. The van der Waals surface area contributed by atoms with E-state index in [0.29, 0.717) is 18.2 Å². The Bertz CT molecular complexity index is 797. The first kappa shape index (κ1) is 16.3. The highest BCUT2D eigenvalue weighted by atomic mass is 35.5. The minimum absolute atomic E-state index is 0.665. The number of rotatable bonds is 6. The lowest BCUT2D eigenvalue weighted by Gasteiger charge is -2.09. The summed E-state index contributed by atoms with van der Waals surface area (Å²) in [5.74, 6) is 1.00. The second-order valence-corrected chi connectivity index (χ2v) is 6.19. The predicted octanol–water partition coefficient (Wildman–Crippen LogP) is 4.97. The van der Waals surface area contributed by atoms with Gasteiger partial charge in [0.05, 0.1) is 17.6 Å². The van der Waals surface area contributed by atoms with Gasteiger partial charge in [-0.05, 0) is 42.8 Å². The molecule has 120 valence electrons. The van der Waals surface area contributed by atoms with Crippen molar-refractivity contribution < 1.29 is 4.74 Å². The molecule has 3 nitrogen and oxygen atoms in total. The first-order valence-electron chi connectivity index (χ1n) is 7.64. The van der Waals surface area contributed by atoms with Gasteiger partial charge < -0.3 is 9.30 Å². The minimum atomic E-state index is 0.665. The fraction of sp³-hybridized carbons (Fsp3) is 0.278. The van der Waals surface area contributed by atoms with Crippen molar-refractivity contribution in [3.05, 3.63) is 63.9 Å². The van der Waals surface area contributed by atoms with E-state index in [-0.39, 0.29) is 0 Å². The molecule has 0 saturated heterocycles. The molecule has 0 spiro atoms. The van der Waals surface area contributed by atoms with Gasteiger partial charge in [-0.15, -0.1) is 0 Å².